The molecule has 0 aromatic heterocycles. The summed E-state index contributed by atoms with van der Waals surface area (Å²) >= 11 is 0. The quantitative estimate of drug-likeness (QED) is 0.337. The molecule has 1 aliphatic heterocycles. The van der Waals surface area contributed by atoms with E-state index in [1.54, 1.807) is 6.92 Å². The highest BCUT2D eigenvalue weighted by atomic mass is 16.7. The number of fused-ring (bicyclic) bond motifs is 1. The van der Waals surface area contributed by atoms with Gasteiger partial charge in [0.1, 0.15) is 12.2 Å². The lowest BCUT2D eigenvalue weighted by molar-refractivity contribution is -0.325. The fourth-order valence-electron chi connectivity index (χ4n) is 5.94. The van der Waals surface area contributed by atoms with Crippen LogP contribution in [0.5, 0.6) is 0 Å². The fourth-order valence-corrected chi connectivity index (χ4v) is 5.94. The Hall–Kier alpha value is -1.21. The van der Waals surface area contributed by atoms with E-state index in [1.807, 2.05) is 13.8 Å². The number of ether oxygens (including phenoxy) is 3. The van der Waals surface area contributed by atoms with E-state index in [0.29, 0.717) is 11.3 Å². The summed E-state index contributed by atoms with van der Waals surface area (Å²) < 4.78 is 18.0. The maximum Gasteiger partial charge on any atom is 0.331 e. The molecule has 8 atom stereocenters. The monoisotopic (exact) mass is 464 g/mol. The highest BCUT2D eigenvalue weighted by molar-refractivity contribution is 5.82. The second kappa shape index (κ2) is 10.2. The number of hydrogen-bond acceptors (Lipinski definition) is 6. The zero-order valence-corrected chi connectivity index (χ0v) is 21.3. The van der Waals surface area contributed by atoms with Crippen LogP contribution in [0.15, 0.2) is 23.8 Å². The summed E-state index contributed by atoms with van der Waals surface area (Å²) in [6.07, 6.45) is 3.74. The molecule has 33 heavy (non-hydrogen) atoms. The maximum atomic E-state index is 12.4. The van der Waals surface area contributed by atoms with Crippen LogP contribution in [-0.4, -0.2) is 52.5 Å². The van der Waals surface area contributed by atoms with E-state index in [1.165, 1.54) is 24.5 Å². The lowest BCUT2D eigenvalue weighted by Crippen LogP contribution is -2.60. The summed E-state index contributed by atoms with van der Waals surface area (Å²) in [4.78, 5) is 12.4. The van der Waals surface area contributed by atoms with Crippen LogP contribution in [0.1, 0.15) is 86.5 Å². The number of carbonyl (C=O) groups excluding carboxylic acids is 1. The first-order valence-corrected chi connectivity index (χ1v) is 12.6. The van der Waals surface area contributed by atoms with Crippen LogP contribution in [0.2, 0.25) is 0 Å². The number of carbonyl (C=O) groups is 1. The van der Waals surface area contributed by atoms with Crippen molar-refractivity contribution in [3.05, 3.63) is 23.8 Å². The van der Waals surface area contributed by atoms with Gasteiger partial charge in [-0.15, -0.1) is 0 Å². The Morgan fingerprint density at radius 1 is 1.30 bits per heavy atom. The Labute approximate surface area is 199 Å². The highest BCUT2D eigenvalue weighted by Crippen LogP contribution is 2.55. The molecule has 3 rings (SSSR count). The van der Waals surface area contributed by atoms with Crippen LogP contribution in [-0.2, 0) is 19.0 Å². The molecule has 2 aliphatic carbocycles. The van der Waals surface area contributed by atoms with Gasteiger partial charge in [0.15, 0.2) is 12.4 Å². The molecule has 2 N–H and O–H groups in total. The molecular formula is C27H44O6. The summed E-state index contributed by atoms with van der Waals surface area (Å²) in [7, 11) is 0. The van der Waals surface area contributed by atoms with Gasteiger partial charge in [0, 0.05) is 6.08 Å². The van der Waals surface area contributed by atoms with Crippen molar-refractivity contribution in [3.8, 4) is 0 Å². The molecule has 0 aromatic rings. The summed E-state index contributed by atoms with van der Waals surface area (Å²) in [5, 5.41) is 21.1. The minimum atomic E-state index is -1.29. The molecule has 6 heteroatoms. The molecule has 0 bridgehead atoms. The smallest absolute Gasteiger partial charge is 0.331 e. The molecule has 8 unspecified atom stereocenters. The highest BCUT2D eigenvalue weighted by Gasteiger charge is 2.51. The van der Waals surface area contributed by atoms with E-state index < -0.39 is 42.3 Å². The van der Waals surface area contributed by atoms with Crippen molar-refractivity contribution in [1.82, 2.24) is 0 Å². The molecule has 3 fully saturated rings. The predicted octanol–water partition coefficient (Wildman–Crippen LogP) is 4.68. The first-order valence-electron chi connectivity index (χ1n) is 12.6. The van der Waals surface area contributed by atoms with Gasteiger partial charge in [-0.2, -0.15) is 0 Å². The van der Waals surface area contributed by atoms with Gasteiger partial charge in [-0.25, -0.2) is 4.79 Å². The van der Waals surface area contributed by atoms with Gasteiger partial charge in [-0.3, -0.25) is 0 Å². The summed E-state index contributed by atoms with van der Waals surface area (Å²) in [5.74, 6) is 0.205. The summed E-state index contributed by atoms with van der Waals surface area (Å²) in [6.45, 7) is 16.4. The van der Waals surface area contributed by atoms with Crippen LogP contribution >= 0.6 is 0 Å². The van der Waals surface area contributed by atoms with Gasteiger partial charge >= 0.3 is 5.97 Å². The maximum absolute atomic E-state index is 12.4. The standard InChI is InChI=1S/C27H44O6/c1-8-16(2)14-21(28)32-24-23(30)22(29)18(4)31-25(24)33-26(5,6)19-11-13-27(7)12-9-10-17(3)20(27)15-19/h14,18-20,22-25,29-30H,3,8-13,15H2,1-2,4-7H3/b16-14+. The lowest BCUT2D eigenvalue weighted by atomic mass is 9.55. The van der Waals surface area contributed by atoms with Crippen LogP contribution in [0.4, 0.5) is 0 Å². The van der Waals surface area contributed by atoms with Gasteiger partial charge in [-0.05, 0) is 89.9 Å². The molecule has 6 nitrogen and oxygen atoms in total. The number of aliphatic hydroxyl groups is 2. The third-order valence-electron chi connectivity index (χ3n) is 8.53. The van der Waals surface area contributed by atoms with Crippen LogP contribution in [0.3, 0.4) is 0 Å². The van der Waals surface area contributed by atoms with E-state index >= 15 is 0 Å². The molecule has 0 radical (unpaired) electrons. The van der Waals surface area contributed by atoms with Gasteiger partial charge in [0.2, 0.25) is 0 Å². The predicted molar refractivity (Wildman–Crippen MR) is 127 cm³/mol. The van der Waals surface area contributed by atoms with E-state index in [9.17, 15) is 15.0 Å². The number of hydrogen-bond donors (Lipinski definition) is 2. The van der Waals surface area contributed by atoms with Crippen molar-refractivity contribution in [2.24, 2.45) is 17.3 Å². The van der Waals surface area contributed by atoms with Crippen molar-refractivity contribution < 1.29 is 29.2 Å². The van der Waals surface area contributed by atoms with Crippen molar-refractivity contribution in [3.63, 3.8) is 0 Å². The lowest BCUT2D eigenvalue weighted by Gasteiger charge is -2.52. The molecule has 1 saturated heterocycles. The number of rotatable bonds is 6. The van der Waals surface area contributed by atoms with Crippen molar-refractivity contribution in [2.75, 3.05) is 0 Å². The minimum absolute atomic E-state index is 0.284. The fraction of sp³-hybridized carbons (Fsp3) is 0.815. The van der Waals surface area contributed by atoms with Crippen LogP contribution < -0.4 is 0 Å². The zero-order valence-electron chi connectivity index (χ0n) is 21.3. The Bertz CT molecular complexity index is 758. The molecule has 0 amide bonds. The molecule has 2 saturated carbocycles. The molecule has 0 spiro atoms. The largest absolute Gasteiger partial charge is 0.451 e. The van der Waals surface area contributed by atoms with Gasteiger partial charge < -0.3 is 24.4 Å². The third-order valence-corrected chi connectivity index (χ3v) is 8.53. The molecule has 1 heterocycles. The second-order valence-corrected chi connectivity index (χ2v) is 11.3. The van der Waals surface area contributed by atoms with Gasteiger partial charge in [0.05, 0.1) is 11.7 Å². The topological polar surface area (TPSA) is 85.2 Å². The Balaban J connectivity index is 1.76. The molecule has 3 aliphatic rings. The van der Waals surface area contributed by atoms with E-state index in [0.717, 1.165) is 37.7 Å². The second-order valence-electron chi connectivity index (χ2n) is 11.3. The van der Waals surface area contributed by atoms with E-state index in [4.69, 9.17) is 14.2 Å². The number of esters is 1. The van der Waals surface area contributed by atoms with Crippen molar-refractivity contribution in [2.45, 2.75) is 123 Å². The molecule has 0 aromatic carbocycles. The minimum Gasteiger partial charge on any atom is -0.451 e. The normalized spacial score (nSPS) is 40.3. The SMILES string of the molecule is C=C1CCCC2(C)CCC(C(C)(C)OC3OC(C)C(O)C(O)C3OC(=O)/C=C(\C)CC)CC12. The summed E-state index contributed by atoms with van der Waals surface area (Å²) in [5.41, 5.74) is 1.98. The Kier molecular flexibility index (Phi) is 8.15. The Morgan fingerprint density at radius 2 is 2.00 bits per heavy atom. The molecule has 188 valence electrons. The average Bonchev–Trinajstić information content (AvgIpc) is 2.74. The van der Waals surface area contributed by atoms with Crippen LogP contribution in [0, 0.1) is 17.3 Å². The first-order chi connectivity index (χ1) is 15.4. The van der Waals surface area contributed by atoms with Crippen molar-refractivity contribution >= 4 is 5.97 Å². The van der Waals surface area contributed by atoms with Crippen LogP contribution in [0.25, 0.3) is 0 Å². The number of aliphatic hydroxyl groups excluding tert-OH is 2. The van der Waals surface area contributed by atoms with Gasteiger partial charge in [0.25, 0.3) is 0 Å². The molecular weight excluding hydrogens is 420 g/mol. The zero-order chi connectivity index (χ0) is 24.6. The number of allylic oxidation sites excluding steroid dienone is 2. The summed E-state index contributed by atoms with van der Waals surface area (Å²) in [6, 6.07) is 0. The Morgan fingerprint density at radius 3 is 2.67 bits per heavy atom. The first kappa shape index (κ1) is 26.4. The van der Waals surface area contributed by atoms with Gasteiger partial charge in [-0.1, -0.05) is 31.6 Å². The van der Waals surface area contributed by atoms with E-state index in [2.05, 4.69) is 27.4 Å². The van der Waals surface area contributed by atoms with E-state index in [-0.39, 0.29) is 5.92 Å². The average molecular weight is 465 g/mol. The van der Waals surface area contributed by atoms with Crippen molar-refractivity contribution in [1.29, 1.82) is 0 Å². The third kappa shape index (κ3) is 5.72.